The predicted molar refractivity (Wildman–Crippen MR) is 116 cm³/mol. The fraction of sp³-hybridized carbons (Fsp3) is 0.318. The number of pyridine rings is 1. The summed E-state index contributed by atoms with van der Waals surface area (Å²) in [6, 6.07) is 7.43. The quantitative estimate of drug-likeness (QED) is 0.547. The molecule has 0 amide bonds. The fourth-order valence-electron chi connectivity index (χ4n) is 4.17. The molecule has 8 nitrogen and oxygen atoms in total. The van der Waals surface area contributed by atoms with Gasteiger partial charge in [-0.05, 0) is 38.1 Å². The minimum absolute atomic E-state index is 0.175. The number of nitrogens with zero attached hydrogens (tertiary/aromatic N) is 5. The highest BCUT2D eigenvalue weighted by atomic mass is 19.1. The standard InChI is InChI=1S/C22H23FN6O2/c1-13-10-27(7-6-24-13)16-4-5-19-17(9-16)21(31-3)26-29(19)22(30)15-8-18(23)20-25-14(2)11-28(20)12-15/h4-5,8-9,11-13,24H,6-7,10H2,1-3H3. The minimum atomic E-state index is -0.558. The number of carbonyl (C=O) groups is 1. The van der Waals surface area contributed by atoms with Crippen LogP contribution in [-0.4, -0.2) is 57.9 Å². The molecule has 1 aliphatic heterocycles. The highest BCUT2D eigenvalue weighted by Crippen LogP contribution is 2.30. The Labute approximate surface area is 178 Å². The molecule has 0 saturated carbocycles. The van der Waals surface area contributed by atoms with Crippen molar-refractivity contribution >= 4 is 28.1 Å². The number of ether oxygens (including phenoxy) is 1. The van der Waals surface area contributed by atoms with Crippen LogP contribution in [-0.2, 0) is 0 Å². The highest BCUT2D eigenvalue weighted by molar-refractivity contribution is 6.03. The Hall–Kier alpha value is -3.46. The average molecular weight is 422 g/mol. The molecule has 0 aliphatic carbocycles. The van der Waals surface area contributed by atoms with Crippen LogP contribution in [0.15, 0.2) is 36.7 Å². The lowest BCUT2D eigenvalue weighted by Crippen LogP contribution is -2.49. The summed E-state index contributed by atoms with van der Waals surface area (Å²) in [5.74, 6) is -0.644. The monoisotopic (exact) mass is 422 g/mol. The Balaban J connectivity index is 1.57. The highest BCUT2D eigenvalue weighted by Gasteiger charge is 2.22. The molecule has 1 saturated heterocycles. The molecule has 5 rings (SSSR count). The SMILES string of the molecule is COc1nn(C(=O)c2cc(F)c3nc(C)cn3c2)c2ccc(N3CCNC(C)C3)cc12. The molecule has 1 atom stereocenters. The van der Waals surface area contributed by atoms with Crippen LogP contribution in [0.3, 0.4) is 0 Å². The largest absolute Gasteiger partial charge is 0.479 e. The summed E-state index contributed by atoms with van der Waals surface area (Å²) in [5.41, 5.74) is 2.69. The second-order valence-electron chi connectivity index (χ2n) is 7.92. The number of aromatic nitrogens is 4. The van der Waals surface area contributed by atoms with Crippen molar-refractivity contribution in [2.45, 2.75) is 19.9 Å². The third-order valence-electron chi connectivity index (χ3n) is 5.62. The van der Waals surface area contributed by atoms with Gasteiger partial charge in [0.2, 0.25) is 5.88 Å². The van der Waals surface area contributed by atoms with Crippen LogP contribution < -0.4 is 15.0 Å². The number of rotatable bonds is 3. The van der Waals surface area contributed by atoms with E-state index < -0.39 is 11.7 Å². The Bertz CT molecular complexity index is 1310. The first-order chi connectivity index (χ1) is 14.9. The van der Waals surface area contributed by atoms with Gasteiger partial charge in [-0.1, -0.05) is 0 Å². The number of benzene rings is 1. The van der Waals surface area contributed by atoms with Crippen molar-refractivity contribution in [3.05, 3.63) is 53.7 Å². The molecule has 0 bridgehead atoms. The summed E-state index contributed by atoms with van der Waals surface area (Å²) in [4.78, 5) is 19.7. The maximum atomic E-state index is 14.5. The number of nitrogens with one attached hydrogen (secondary N) is 1. The van der Waals surface area contributed by atoms with E-state index in [4.69, 9.17) is 4.74 Å². The van der Waals surface area contributed by atoms with E-state index >= 15 is 0 Å². The second kappa shape index (κ2) is 7.35. The maximum absolute atomic E-state index is 14.5. The van der Waals surface area contributed by atoms with Gasteiger partial charge in [-0.25, -0.2) is 9.37 Å². The molecule has 3 aromatic heterocycles. The third-order valence-corrected chi connectivity index (χ3v) is 5.62. The fourth-order valence-corrected chi connectivity index (χ4v) is 4.17. The van der Waals surface area contributed by atoms with Gasteiger partial charge in [-0.2, -0.15) is 4.68 Å². The van der Waals surface area contributed by atoms with E-state index in [1.165, 1.54) is 22.3 Å². The van der Waals surface area contributed by atoms with Crippen LogP contribution in [0.4, 0.5) is 10.1 Å². The molecule has 1 N–H and O–H groups in total. The Morgan fingerprint density at radius 3 is 2.90 bits per heavy atom. The number of imidazole rings is 1. The van der Waals surface area contributed by atoms with E-state index in [9.17, 15) is 9.18 Å². The second-order valence-corrected chi connectivity index (χ2v) is 7.92. The zero-order valence-corrected chi connectivity index (χ0v) is 17.6. The van der Waals surface area contributed by atoms with Crippen molar-refractivity contribution < 1.29 is 13.9 Å². The average Bonchev–Trinajstić information content (AvgIpc) is 3.32. The van der Waals surface area contributed by atoms with Gasteiger partial charge in [0.1, 0.15) is 0 Å². The van der Waals surface area contributed by atoms with E-state index in [1.807, 2.05) is 18.2 Å². The van der Waals surface area contributed by atoms with Crippen LogP contribution in [0.25, 0.3) is 16.6 Å². The summed E-state index contributed by atoms with van der Waals surface area (Å²) in [7, 11) is 1.52. The number of carbonyl (C=O) groups excluding carboxylic acids is 1. The molecule has 1 fully saturated rings. The van der Waals surface area contributed by atoms with E-state index in [0.717, 1.165) is 30.7 Å². The topological polar surface area (TPSA) is 76.7 Å². The summed E-state index contributed by atoms with van der Waals surface area (Å²) in [6.07, 6.45) is 3.24. The molecule has 9 heteroatoms. The molecule has 4 aromatic rings. The number of aryl methyl sites for hydroxylation is 1. The Kier molecular flexibility index (Phi) is 4.62. The molecular formula is C22H23FN6O2. The Morgan fingerprint density at radius 2 is 2.13 bits per heavy atom. The normalized spacial score (nSPS) is 16.9. The summed E-state index contributed by atoms with van der Waals surface area (Å²) in [6.45, 7) is 6.63. The van der Waals surface area contributed by atoms with Gasteiger partial charge in [0, 0.05) is 43.8 Å². The first kappa shape index (κ1) is 19.5. The van der Waals surface area contributed by atoms with Gasteiger partial charge in [0.05, 0.1) is 29.3 Å². The van der Waals surface area contributed by atoms with Crippen molar-refractivity contribution in [3.63, 3.8) is 0 Å². The number of anilines is 1. The maximum Gasteiger partial charge on any atom is 0.280 e. The van der Waals surface area contributed by atoms with Crippen LogP contribution in [0.1, 0.15) is 23.0 Å². The zero-order valence-electron chi connectivity index (χ0n) is 17.6. The van der Waals surface area contributed by atoms with Gasteiger partial charge in [0.25, 0.3) is 5.91 Å². The van der Waals surface area contributed by atoms with Crippen LogP contribution in [0, 0.1) is 12.7 Å². The van der Waals surface area contributed by atoms with Crippen molar-refractivity contribution in [1.29, 1.82) is 0 Å². The van der Waals surface area contributed by atoms with Gasteiger partial charge >= 0.3 is 0 Å². The predicted octanol–water partition coefficient (Wildman–Crippen LogP) is 2.63. The zero-order chi connectivity index (χ0) is 21.7. The number of fused-ring (bicyclic) bond motifs is 2. The molecule has 1 unspecified atom stereocenters. The van der Waals surface area contributed by atoms with Gasteiger partial charge in [0.15, 0.2) is 11.5 Å². The first-order valence-electron chi connectivity index (χ1n) is 10.2. The molecule has 1 aromatic carbocycles. The summed E-state index contributed by atoms with van der Waals surface area (Å²) >= 11 is 0. The van der Waals surface area contributed by atoms with Crippen molar-refractivity contribution in [1.82, 2.24) is 24.5 Å². The molecule has 0 spiro atoms. The van der Waals surface area contributed by atoms with Gasteiger partial charge in [-0.15, -0.1) is 5.10 Å². The number of methoxy groups -OCH3 is 1. The molecule has 4 heterocycles. The van der Waals surface area contributed by atoms with E-state index in [0.29, 0.717) is 23.1 Å². The number of halogens is 1. The Morgan fingerprint density at radius 1 is 1.29 bits per heavy atom. The summed E-state index contributed by atoms with van der Waals surface area (Å²) < 4.78 is 22.7. The number of hydrogen-bond donors (Lipinski definition) is 1. The van der Waals surface area contributed by atoms with Crippen LogP contribution >= 0.6 is 0 Å². The summed E-state index contributed by atoms with van der Waals surface area (Å²) in [5, 5.41) is 8.54. The van der Waals surface area contributed by atoms with E-state index in [-0.39, 0.29) is 11.2 Å². The molecule has 1 aliphatic rings. The van der Waals surface area contributed by atoms with E-state index in [1.54, 1.807) is 19.3 Å². The van der Waals surface area contributed by atoms with Gasteiger partial charge < -0.3 is 19.4 Å². The third kappa shape index (κ3) is 3.31. The lowest BCUT2D eigenvalue weighted by atomic mass is 10.1. The smallest absolute Gasteiger partial charge is 0.280 e. The lowest BCUT2D eigenvalue weighted by molar-refractivity contribution is 0.0947. The van der Waals surface area contributed by atoms with E-state index in [2.05, 4.69) is 27.2 Å². The van der Waals surface area contributed by atoms with Crippen LogP contribution in [0.5, 0.6) is 5.88 Å². The van der Waals surface area contributed by atoms with Crippen LogP contribution in [0.2, 0.25) is 0 Å². The number of piperazine rings is 1. The molecule has 0 radical (unpaired) electrons. The number of hydrogen-bond acceptors (Lipinski definition) is 6. The van der Waals surface area contributed by atoms with Crippen molar-refractivity contribution in [3.8, 4) is 5.88 Å². The minimum Gasteiger partial charge on any atom is -0.479 e. The molecular weight excluding hydrogens is 399 g/mol. The van der Waals surface area contributed by atoms with Gasteiger partial charge in [-0.3, -0.25) is 4.79 Å². The van der Waals surface area contributed by atoms with Crippen molar-refractivity contribution in [2.24, 2.45) is 0 Å². The van der Waals surface area contributed by atoms with Crippen molar-refractivity contribution in [2.75, 3.05) is 31.6 Å². The lowest BCUT2D eigenvalue weighted by Gasteiger charge is -2.33. The molecule has 31 heavy (non-hydrogen) atoms. The first-order valence-corrected chi connectivity index (χ1v) is 10.2. The molecule has 160 valence electrons.